The highest BCUT2D eigenvalue weighted by Gasteiger charge is 2.01. The van der Waals surface area contributed by atoms with Gasteiger partial charge in [-0.3, -0.25) is 0 Å². The fourth-order valence-electron chi connectivity index (χ4n) is 2.37. The minimum absolute atomic E-state index is 0.229. The number of phenolic OH excluding ortho intramolecular Hbond substituents is 1. The van der Waals surface area contributed by atoms with Crippen molar-refractivity contribution in [3.8, 4) is 11.5 Å². The normalized spacial score (nSPS) is 10.2. The summed E-state index contributed by atoms with van der Waals surface area (Å²) in [5, 5.41) is 16.3. The molecule has 4 nitrogen and oxygen atoms in total. The fourth-order valence-corrected chi connectivity index (χ4v) is 2.37. The van der Waals surface area contributed by atoms with Crippen LogP contribution in [0.2, 0.25) is 0 Å². The van der Waals surface area contributed by atoms with Crippen molar-refractivity contribution in [2.45, 2.75) is 6.92 Å². The summed E-state index contributed by atoms with van der Waals surface area (Å²) in [5.41, 5.74) is 3.54. The van der Waals surface area contributed by atoms with Crippen molar-refractivity contribution in [3.63, 3.8) is 0 Å². The number of nitrogens with one attached hydrogen (secondary N) is 2. The van der Waals surface area contributed by atoms with Gasteiger partial charge in [-0.2, -0.15) is 0 Å². The Kier molecular flexibility index (Phi) is 4.87. The van der Waals surface area contributed by atoms with Crippen LogP contribution in [0.1, 0.15) is 6.92 Å². The van der Waals surface area contributed by atoms with Gasteiger partial charge < -0.3 is 20.5 Å². The van der Waals surface area contributed by atoms with Gasteiger partial charge in [0.1, 0.15) is 11.5 Å². The first-order valence-electron chi connectivity index (χ1n) is 7.89. The van der Waals surface area contributed by atoms with E-state index in [2.05, 4.69) is 10.6 Å². The largest absolute Gasteiger partial charge is 0.506 e. The summed E-state index contributed by atoms with van der Waals surface area (Å²) >= 11 is 0. The lowest BCUT2D eigenvalue weighted by Gasteiger charge is -2.11. The Labute approximate surface area is 141 Å². The molecule has 0 heterocycles. The van der Waals surface area contributed by atoms with Crippen LogP contribution in [-0.2, 0) is 0 Å². The molecule has 0 radical (unpaired) electrons. The van der Waals surface area contributed by atoms with Gasteiger partial charge in [-0.1, -0.05) is 18.2 Å². The molecule has 0 atom stereocenters. The van der Waals surface area contributed by atoms with E-state index >= 15 is 0 Å². The Balaban J connectivity index is 1.68. The lowest BCUT2D eigenvalue weighted by Crippen LogP contribution is -1.95. The van der Waals surface area contributed by atoms with E-state index in [9.17, 15) is 5.11 Å². The van der Waals surface area contributed by atoms with Crippen molar-refractivity contribution in [2.75, 3.05) is 17.2 Å². The lowest BCUT2D eigenvalue weighted by atomic mass is 10.2. The van der Waals surface area contributed by atoms with Crippen LogP contribution in [0.4, 0.5) is 22.7 Å². The second-order valence-electron chi connectivity index (χ2n) is 5.31. The van der Waals surface area contributed by atoms with Crippen molar-refractivity contribution in [3.05, 3.63) is 72.8 Å². The molecule has 0 aliphatic heterocycles. The molecule has 0 bridgehead atoms. The predicted molar refractivity (Wildman–Crippen MR) is 98.7 cm³/mol. The summed E-state index contributed by atoms with van der Waals surface area (Å²) < 4.78 is 5.51. The van der Waals surface area contributed by atoms with Crippen LogP contribution in [0.15, 0.2) is 72.8 Å². The molecule has 0 aromatic heterocycles. The van der Waals surface area contributed by atoms with E-state index in [-0.39, 0.29) is 5.75 Å². The first-order chi connectivity index (χ1) is 11.7. The number of phenols is 1. The topological polar surface area (TPSA) is 53.5 Å². The van der Waals surface area contributed by atoms with Crippen molar-refractivity contribution in [1.29, 1.82) is 0 Å². The first-order valence-corrected chi connectivity index (χ1v) is 7.89. The van der Waals surface area contributed by atoms with Crippen LogP contribution in [-0.4, -0.2) is 11.7 Å². The van der Waals surface area contributed by atoms with Crippen LogP contribution in [0.25, 0.3) is 0 Å². The van der Waals surface area contributed by atoms with Gasteiger partial charge in [0, 0.05) is 23.1 Å². The summed E-state index contributed by atoms with van der Waals surface area (Å²) in [4.78, 5) is 0. The quantitative estimate of drug-likeness (QED) is 0.541. The van der Waals surface area contributed by atoms with Crippen LogP contribution in [0, 0.1) is 0 Å². The molecule has 0 spiro atoms. The fraction of sp³-hybridized carbons (Fsp3) is 0.100. The molecule has 3 rings (SSSR count). The third kappa shape index (κ3) is 3.98. The van der Waals surface area contributed by atoms with E-state index < -0.39 is 0 Å². The highest BCUT2D eigenvalue weighted by Crippen LogP contribution is 2.27. The lowest BCUT2D eigenvalue weighted by molar-refractivity contribution is 0.340. The van der Waals surface area contributed by atoms with Gasteiger partial charge in [0.15, 0.2) is 0 Å². The molecule has 0 fully saturated rings. The number of hydrogen-bond donors (Lipinski definition) is 3. The van der Waals surface area contributed by atoms with Crippen LogP contribution in [0.5, 0.6) is 11.5 Å². The maximum absolute atomic E-state index is 9.80. The molecule has 3 aromatic carbocycles. The van der Waals surface area contributed by atoms with Crippen molar-refractivity contribution in [2.24, 2.45) is 0 Å². The van der Waals surface area contributed by atoms with Gasteiger partial charge >= 0.3 is 0 Å². The molecule has 3 aromatic rings. The van der Waals surface area contributed by atoms with Crippen LogP contribution in [0.3, 0.4) is 0 Å². The summed E-state index contributed by atoms with van der Waals surface area (Å²) in [6.07, 6.45) is 0. The monoisotopic (exact) mass is 320 g/mol. The molecule has 122 valence electrons. The SMILES string of the molecule is CCOc1cccc(Nc2ccc(Nc3ccccc3O)cc2)c1. The molecule has 0 saturated heterocycles. The van der Waals surface area contributed by atoms with Gasteiger partial charge in [-0.25, -0.2) is 0 Å². The summed E-state index contributed by atoms with van der Waals surface area (Å²) in [5.74, 6) is 1.08. The van der Waals surface area contributed by atoms with Gasteiger partial charge in [0.25, 0.3) is 0 Å². The minimum atomic E-state index is 0.229. The molecular formula is C20H20N2O2. The maximum atomic E-state index is 9.80. The molecule has 4 heteroatoms. The predicted octanol–water partition coefficient (Wildman–Crippen LogP) is 5.28. The van der Waals surface area contributed by atoms with Crippen molar-refractivity contribution in [1.82, 2.24) is 0 Å². The summed E-state index contributed by atoms with van der Waals surface area (Å²) in [6.45, 7) is 2.62. The van der Waals surface area contributed by atoms with E-state index in [1.54, 1.807) is 12.1 Å². The average molecular weight is 320 g/mol. The Morgan fingerprint density at radius 3 is 2.21 bits per heavy atom. The number of para-hydroxylation sites is 2. The number of benzene rings is 3. The zero-order valence-electron chi connectivity index (χ0n) is 13.5. The Bertz CT molecular complexity index is 801. The molecule has 0 unspecified atom stereocenters. The van der Waals surface area contributed by atoms with Crippen molar-refractivity contribution < 1.29 is 9.84 Å². The van der Waals surface area contributed by atoms with Gasteiger partial charge in [-0.05, 0) is 55.5 Å². The number of ether oxygens (including phenoxy) is 1. The average Bonchev–Trinajstić information content (AvgIpc) is 2.59. The highest BCUT2D eigenvalue weighted by atomic mass is 16.5. The first kappa shape index (κ1) is 15.7. The molecule has 0 aliphatic rings. The Morgan fingerprint density at radius 2 is 1.50 bits per heavy atom. The van der Waals surface area contributed by atoms with E-state index in [4.69, 9.17) is 4.74 Å². The number of rotatable bonds is 6. The third-order valence-electron chi connectivity index (χ3n) is 3.50. The smallest absolute Gasteiger partial charge is 0.139 e. The second kappa shape index (κ2) is 7.42. The molecule has 0 aliphatic carbocycles. The molecular weight excluding hydrogens is 300 g/mol. The molecule has 0 amide bonds. The van der Waals surface area contributed by atoms with E-state index in [0.717, 1.165) is 22.8 Å². The van der Waals surface area contributed by atoms with E-state index in [1.165, 1.54) is 0 Å². The number of aromatic hydroxyl groups is 1. The zero-order chi connectivity index (χ0) is 16.8. The highest BCUT2D eigenvalue weighted by molar-refractivity contribution is 5.69. The molecule has 24 heavy (non-hydrogen) atoms. The third-order valence-corrected chi connectivity index (χ3v) is 3.50. The minimum Gasteiger partial charge on any atom is -0.506 e. The van der Waals surface area contributed by atoms with Gasteiger partial charge in [-0.15, -0.1) is 0 Å². The summed E-state index contributed by atoms with van der Waals surface area (Å²) in [6, 6.07) is 22.9. The number of hydrogen-bond acceptors (Lipinski definition) is 4. The van der Waals surface area contributed by atoms with E-state index in [1.807, 2.05) is 67.6 Å². The molecule has 3 N–H and O–H groups in total. The van der Waals surface area contributed by atoms with Crippen LogP contribution >= 0.6 is 0 Å². The second-order valence-corrected chi connectivity index (χ2v) is 5.31. The molecule has 0 saturated carbocycles. The maximum Gasteiger partial charge on any atom is 0.139 e. The van der Waals surface area contributed by atoms with Crippen LogP contribution < -0.4 is 15.4 Å². The van der Waals surface area contributed by atoms with Gasteiger partial charge in [0.2, 0.25) is 0 Å². The Morgan fingerprint density at radius 1 is 0.792 bits per heavy atom. The van der Waals surface area contributed by atoms with Gasteiger partial charge in [0.05, 0.1) is 12.3 Å². The van der Waals surface area contributed by atoms with E-state index in [0.29, 0.717) is 12.3 Å². The summed E-state index contributed by atoms with van der Waals surface area (Å²) in [7, 11) is 0. The standard InChI is InChI=1S/C20H20N2O2/c1-2-24-18-7-5-6-17(14-18)21-15-10-12-16(13-11-15)22-19-8-3-4-9-20(19)23/h3-14,21-23H,2H2,1H3. The number of anilines is 4. The zero-order valence-corrected chi connectivity index (χ0v) is 13.5. The van der Waals surface area contributed by atoms with Crippen molar-refractivity contribution >= 4 is 22.7 Å². The Hall–Kier alpha value is -3.14.